The average Bonchev–Trinajstić information content (AvgIpc) is 2.47. The molecule has 0 radical (unpaired) electrons. The van der Waals surface area contributed by atoms with Gasteiger partial charge in [-0.1, -0.05) is 11.5 Å². The summed E-state index contributed by atoms with van der Waals surface area (Å²) in [5, 5.41) is 0. The zero-order chi connectivity index (χ0) is 14.3. The van der Waals surface area contributed by atoms with E-state index in [0.29, 0.717) is 6.04 Å². The lowest BCUT2D eigenvalue weighted by Crippen LogP contribution is -2.41. The second kappa shape index (κ2) is 5.23. The second-order valence-electron chi connectivity index (χ2n) is 7.16. The van der Waals surface area contributed by atoms with E-state index in [1.165, 1.54) is 24.8 Å². The van der Waals surface area contributed by atoms with Gasteiger partial charge in [-0.25, -0.2) is 0 Å². The molecule has 0 spiro atoms. The highest BCUT2D eigenvalue weighted by molar-refractivity contribution is 6.51. The van der Waals surface area contributed by atoms with Crippen LogP contribution in [0.1, 0.15) is 53.4 Å². The Hall–Kier alpha value is -0.315. The van der Waals surface area contributed by atoms with Gasteiger partial charge in [0.2, 0.25) is 0 Å². The summed E-state index contributed by atoms with van der Waals surface area (Å²) in [7, 11) is 4.16. The van der Waals surface area contributed by atoms with Crippen LogP contribution in [-0.2, 0) is 9.31 Å². The number of hydrogen-bond acceptors (Lipinski definition) is 3. The summed E-state index contributed by atoms with van der Waals surface area (Å²) in [6.07, 6.45) is 4.91. The van der Waals surface area contributed by atoms with Crippen LogP contribution in [0.2, 0.25) is 0 Å². The zero-order valence-corrected chi connectivity index (χ0v) is 13.3. The molecule has 108 valence electrons. The molecule has 2 rings (SSSR count). The van der Waals surface area contributed by atoms with Gasteiger partial charge in [0.25, 0.3) is 0 Å². The maximum absolute atomic E-state index is 6.05. The van der Waals surface area contributed by atoms with Crippen LogP contribution in [0, 0.1) is 0 Å². The first-order valence-electron chi connectivity index (χ1n) is 7.43. The van der Waals surface area contributed by atoms with E-state index in [9.17, 15) is 0 Å². The van der Waals surface area contributed by atoms with Crippen molar-refractivity contribution in [1.82, 2.24) is 4.90 Å². The Labute approximate surface area is 118 Å². The summed E-state index contributed by atoms with van der Waals surface area (Å²) in [6, 6.07) is 0.669. The monoisotopic (exact) mass is 265 g/mol. The summed E-state index contributed by atoms with van der Waals surface area (Å²) < 4.78 is 12.1. The molecule has 1 saturated carbocycles. The summed E-state index contributed by atoms with van der Waals surface area (Å²) in [4.78, 5) is 2.33. The van der Waals surface area contributed by atoms with Crippen LogP contribution in [0.15, 0.2) is 11.5 Å². The molecule has 1 heterocycles. The molecule has 0 aromatic carbocycles. The van der Waals surface area contributed by atoms with Gasteiger partial charge < -0.3 is 14.2 Å². The van der Waals surface area contributed by atoms with Gasteiger partial charge in [0.15, 0.2) is 0 Å². The van der Waals surface area contributed by atoms with Crippen LogP contribution < -0.4 is 0 Å². The van der Waals surface area contributed by atoms with E-state index < -0.39 is 0 Å². The molecule has 0 N–H and O–H groups in total. The SMILES string of the molecule is CN(C)C1CCC/C(=C/B2OC(C)(C)C(C)(C)O2)C1. The highest BCUT2D eigenvalue weighted by Gasteiger charge is 2.50. The minimum atomic E-state index is -0.232. The fourth-order valence-electron chi connectivity index (χ4n) is 2.81. The fraction of sp³-hybridized carbons (Fsp3) is 0.867. The summed E-state index contributed by atoms with van der Waals surface area (Å²) in [5.41, 5.74) is 1.03. The maximum atomic E-state index is 6.05. The Balaban J connectivity index is 2.03. The molecule has 1 unspecified atom stereocenters. The lowest BCUT2D eigenvalue weighted by Gasteiger charge is -2.32. The Kier molecular flexibility index (Phi) is 4.15. The Morgan fingerprint density at radius 2 is 1.74 bits per heavy atom. The van der Waals surface area contributed by atoms with E-state index >= 15 is 0 Å². The van der Waals surface area contributed by atoms with Crippen LogP contribution in [0.25, 0.3) is 0 Å². The van der Waals surface area contributed by atoms with Crippen molar-refractivity contribution in [2.24, 2.45) is 0 Å². The maximum Gasteiger partial charge on any atom is 0.487 e. The topological polar surface area (TPSA) is 21.7 Å². The molecular formula is C15H28BNO2. The Bertz CT molecular complexity index is 347. The first kappa shape index (κ1) is 15.1. The second-order valence-corrected chi connectivity index (χ2v) is 7.16. The van der Waals surface area contributed by atoms with E-state index in [0.717, 1.165) is 6.42 Å². The van der Waals surface area contributed by atoms with Crippen LogP contribution >= 0.6 is 0 Å². The molecule has 2 fully saturated rings. The highest BCUT2D eigenvalue weighted by Crippen LogP contribution is 2.38. The predicted octanol–water partition coefficient (Wildman–Crippen LogP) is 3.05. The minimum absolute atomic E-state index is 0.180. The van der Waals surface area contributed by atoms with Crippen molar-refractivity contribution in [2.45, 2.75) is 70.6 Å². The molecule has 1 saturated heterocycles. The van der Waals surface area contributed by atoms with Crippen molar-refractivity contribution in [3.8, 4) is 0 Å². The molecule has 1 aliphatic heterocycles. The normalized spacial score (nSPS) is 32.3. The number of rotatable bonds is 2. The van der Waals surface area contributed by atoms with Gasteiger partial charge in [0, 0.05) is 6.04 Å². The summed E-state index contributed by atoms with van der Waals surface area (Å²) >= 11 is 0. The van der Waals surface area contributed by atoms with E-state index in [4.69, 9.17) is 9.31 Å². The van der Waals surface area contributed by atoms with Gasteiger partial charge in [-0.15, -0.1) is 0 Å². The lowest BCUT2D eigenvalue weighted by atomic mass is 9.80. The number of hydrogen-bond donors (Lipinski definition) is 0. The van der Waals surface area contributed by atoms with Crippen LogP contribution in [0.4, 0.5) is 0 Å². The van der Waals surface area contributed by atoms with Crippen molar-refractivity contribution in [3.63, 3.8) is 0 Å². The smallest absolute Gasteiger partial charge is 0.400 e. The van der Waals surface area contributed by atoms with Crippen LogP contribution in [0.3, 0.4) is 0 Å². The number of nitrogens with zero attached hydrogens (tertiary/aromatic N) is 1. The molecule has 4 heteroatoms. The fourth-order valence-corrected chi connectivity index (χ4v) is 2.81. The molecule has 1 atom stereocenters. The van der Waals surface area contributed by atoms with Gasteiger partial charge >= 0.3 is 7.12 Å². The quantitative estimate of drug-likeness (QED) is 0.716. The average molecular weight is 265 g/mol. The molecule has 0 bridgehead atoms. The molecule has 2 aliphatic rings. The molecular weight excluding hydrogens is 237 g/mol. The van der Waals surface area contributed by atoms with E-state index in [1.54, 1.807) is 0 Å². The van der Waals surface area contributed by atoms with Crippen molar-refractivity contribution >= 4 is 7.12 Å². The van der Waals surface area contributed by atoms with E-state index in [-0.39, 0.29) is 18.3 Å². The third-order valence-corrected chi connectivity index (χ3v) is 4.91. The van der Waals surface area contributed by atoms with Crippen LogP contribution in [-0.4, -0.2) is 43.4 Å². The van der Waals surface area contributed by atoms with Gasteiger partial charge in [0.1, 0.15) is 0 Å². The Morgan fingerprint density at radius 3 is 2.26 bits per heavy atom. The van der Waals surface area contributed by atoms with Crippen molar-refractivity contribution in [3.05, 3.63) is 11.5 Å². The van der Waals surface area contributed by atoms with Crippen molar-refractivity contribution in [2.75, 3.05) is 14.1 Å². The third kappa shape index (κ3) is 3.23. The molecule has 0 aromatic heterocycles. The summed E-state index contributed by atoms with van der Waals surface area (Å²) in [6.45, 7) is 8.42. The predicted molar refractivity (Wildman–Crippen MR) is 80.1 cm³/mol. The molecule has 1 aliphatic carbocycles. The Morgan fingerprint density at radius 1 is 1.16 bits per heavy atom. The standard InChI is InChI=1S/C15H28BNO2/c1-14(2)15(3,4)19-16(18-14)11-12-8-7-9-13(10-12)17(5)6/h11,13H,7-10H2,1-6H3/b12-11-. The van der Waals surface area contributed by atoms with Gasteiger partial charge in [0.05, 0.1) is 11.2 Å². The van der Waals surface area contributed by atoms with Crippen LogP contribution in [0.5, 0.6) is 0 Å². The molecule has 0 amide bonds. The first-order valence-corrected chi connectivity index (χ1v) is 7.43. The first-order chi connectivity index (χ1) is 8.71. The largest absolute Gasteiger partial charge is 0.487 e. The minimum Gasteiger partial charge on any atom is -0.400 e. The highest BCUT2D eigenvalue weighted by atomic mass is 16.7. The van der Waals surface area contributed by atoms with Crippen molar-refractivity contribution < 1.29 is 9.31 Å². The van der Waals surface area contributed by atoms with Gasteiger partial charge in [-0.2, -0.15) is 0 Å². The molecule has 19 heavy (non-hydrogen) atoms. The molecule has 0 aromatic rings. The van der Waals surface area contributed by atoms with E-state index in [1.807, 2.05) is 0 Å². The zero-order valence-electron chi connectivity index (χ0n) is 13.3. The summed E-state index contributed by atoms with van der Waals surface area (Å²) in [5.74, 6) is 2.21. The third-order valence-electron chi connectivity index (χ3n) is 4.91. The molecule has 3 nitrogen and oxygen atoms in total. The van der Waals surface area contributed by atoms with Gasteiger partial charge in [-0.3, -0.25) is 0 Å². The van der Waals surface area contributed by atoms with Gasteiger partial charge in [-0.05, 0) is 67.5 Å². The lowest BCUT2D eigenvalue weighted by molar-refractivity contribution is 0.00578. The van der Waals surface area contributed by atoms with Crippen molar-refractivity contribution in [1.29, 1.82) is 0 Å². The van der Waals surface area contributed by atoms with E-state index in [2.05, 4.69) is 52.7 Å².